The molecule has 0 unspecified atom stereocenters. The highest BCUT2D eigenvalue weighted by Crippen LogP contribution is 2.38. The van der Waals surface area contributed by atoms with Gasteiger partial charge in [-0.05, 0) is 69.1 Å². The highest BCUT2D eigenvalue weighted by Gasteiger charge is 2.21. The molecule has 5 rings (SSSR count). The third kappa shape index (κ3) is 3.60. The fourth-order valence-electron chi connectivity index (χ4n) is 3.73. The van der Waals surface area contributed by atoms with Crippen LogP contribution in [0.4, 0.5) is 11.4 Å². The Morgan fingerprint density at radius 1 is 1.09 bits per heavy atom. The van der Waals surface area contributed by atoms with Gasteiger partial charge in [-0.25, -0.2) is 4.68 Å². The van der Waals surface area contributed by atoms with Crippen LogP contribution in [0.2, 0.25) is 0 Å². The quantitative estimate of drug-likeness (QED) is 0.320. The summed E-state index contributed by atoms with van der Waals surface area (Å²) in [7, 11) is 1.68. The van der Waals surface area contributed by atoms with Gasteiger partial charge in [-0.1, -0.05) is 30.3 Å². The van der Waals surface area contributed by atoms with Crippen molar-refractivity contribution in [2.45, 2.75) is 16.5 Å². The molecule has 0 aliphatic heterocycles. The maximum Gasteiger partial charge on any atom is 0.270 e. The van der Waals surface area contributed by atoms with Crippen LogP contribution in [-0.2, 0) is 13.5 Å². The van der Waals surface area contributed by atoms with Gasteiger partial charge in [0.25, 0.3) is 11.6 Å². The van der Waals surface area contributed by atoms with Gasteiger partial charge in [0.05, 0.1) is 10.5 Å². The monoisotopic (exact) mass is 444 g/mol. The fraction of sp³-hybridized carbons (Fsp3) is 0.0909. The summed E-state index contributed by atoms with van der Waals surface area (Å²) in [6.07, 6.45) is 0.798. The normalized spacial score (nSPS) is 11.7. The minimum atomic E-state index is -0.526. The number of carbonyl (C=O) groups excluding carboxylic acids is 1. The molecular weight excluding hydrogens is 428 g/mol. The number of rotatable bonds is 5. The number of nitrogens with one attached hydrogen (secondary N) is 1. The summed E-state index contributed by atoms with van der Waals surface area (Å²) < 4.78 is 1.46. The number of nitrogens with zero attached hydrogens (tertiary/aromatic N) is 5. The fourth-order valence-corrected chi connectivity index (χ4v) is 4.57. The van der Waals surface area contributed by atoms with Crippen LogP contribution < -0.4 is 5.32 Å². The summed E-state index contributed by atoms with van der Waals surface area (Å²) in [5.74, 6) is -0.443. The van der Waals surface area contributed by atoms with E-state index in [0.717, 1.165) is 29.3 Å². The van der Waals surface area contributed by atoms with Gasteiger partial charge >= 0.3 is 0 Å². The van der Waals surface area contributed by atoms with Crippen molar-refractivity contribution in [2.75, 3.05) is 5.32 Å². The Balaban J connectivity index is 1.45. The molecule has 0 atom stereocenters. The Kier molecular flexibility index (Phi) is 4.91. The summed E-state index contributed by atoms with van der Waals surface area (Å²) >= 11 is 1.16. The average Bonchev–Trinajstić information content (AvgIpc) is 3.36. The average molecular weight is 444 g/mol. The third-order valence-corrected chi connectivity index (χ3v) is 6.36. The molecule has 32 heavy (non-hydrogen) atoms. The molecule has 0 saturated carbocycles. The Hall–Kier alpha value is -4.05. The molecule has 0 spiro atoms. The maximum absolute atomic E-state index is 13.1. The SMILES string of the molecule is Cn1nnnc1Sc1ccc([N+](=O)[O-])cc1C(=O)Nc1ccc2c(c1)Cc1ccccc1-2. The standard InChI is InChI=1S/C22H16N6O3S/c1-27-22(24-25-26-27)32-20-9-7-16(28(30)31)12-19(20)21(29)23-15-6-8-18-14(11-15)10-13-4-2-3-5-17(13)18/h2-9,11-12H,10H2,1H3,(H,23,29). The van der Waals surface area contributed by atoms with Crippen LogP contribution in [0.3, 0.4) is 0 Å². The van der Waals surface area contributed by atoms with Crippen LogP contribution in [0, 0.1) is 10.1 Å². The number of hydrogen-bond acceptors (Lipinski definition) is 7. The third-order valence-electron chi connectivity index (χ3n) is 5.25. The number of aromatic nitrogens is 4. The Morgan fingerprint density at radius 3 is 2.69 bits per heavy atom. The Labute approximate surface area is 186 Å². The van der Waals surface area contributed by atoms with E-state index in [1.807, 2.05) is 30.3 Å². The van der Waals surface area contributed by atoms with Gasteiger partial charge in [-0.15, -0.1) is 5.10 Å². The number of tetrazole rings is 1. The smallest absolute Gasteiger partial charge is 0.270 e. The molecule has 1 aromatic heterocycles. The molecule has 158 valence electrons. The lowest BCUT2D eigenvalue weighted by molar-refractivity contribution is -0.384. The largest absolute Gasteiger partial charge is 0.322 e. The number of nitro benzene ring substituents is 1. The molecule has 0 saturated heterocycles. The number of nitro groups is 1. The first-order valence-corrected chi connectivity index (χ1v) is 10.5. The molecule has 1 N–H and O–H groups in total. The molecule has 0 bridgehead atoms. The van der Waals surface area contributed by atoms with Gasteiger partial charge in [0.2, 0.25) is 5.16 Å². The second kappa shape index (κ2) is 7.89. The van der Waals surface area contributed by atoms with Crippen molar-refractivity contribution in [2.24, 2.45) is 7.05 Å². The maximum atomic E-state index is 13.1. The van der Waals surface area contributed by atoms with E-state index in [2.05, 4.69) is 33.0 Å². The predicted octanol–water partition coefficient (Wildman–Crippen LogP) is 4.09. The lowest BCUT2D eigenvalue weighted by Crippen LogP contribution is -2.14. The second-order valence-corrected chi connectivity index (χ2v) is 8.29. The number of anilines is 1. The molecule has 1 aliphatic carbocycles. The van der Waals surface area contributed by atoms with Crippen LogP contribution in [-0.4, -0.2) is 31.0 Å². The first-order chi connectivity index (χ1) is 15.5. The summed E-state index contributed by atoms with van der Waals surface area (Å²) in [6, 6.07) is 18.2. The van der Waals surface area contributed by atoms with Gasteiger partial charge in [-0.3, -0.25) is 14.9 Å². The lowest BCUT2D eigenvalue weighted by Gasteiger charge is -2.11. The zero-order valence-electron chi connectivity index (χ0n) is 16.8. The van der Waals surface area contributed by atoms with Crippen LogP contribution in [0.15, 0.2) is 70.7 Å². The van der Waals surface area contributed by atoms with E-state index in [4.69, 9.17) is 0 Å². The summed E-state index contributed by atoms with van der Waals surface area (Å²) in [4.78, 5) is 24.4. The Bertz CT molecular complexity index is 1380. The number of hydrogen-bond donors (Lipinski definition) is 1. The zero-order chi connectivity index (χ0) is 22.2. The summed E-state index contributed by atoms with van der Waals surface area (Å²) in [5.41, 5.74) is 5.37. The molecule has 0 fully saturated rings. The number of aryl methyl sites for hydroxylation is 1. The second-order valence-electron chi connectivity index (χ2n) is 7.28. The van der Waals surface area contributed by atoms with Crippen LogP contribution >= 0.6 is 11.8 Å². The number of carbonyl (C=O) groups is 1. The van der Waals surface area contributed by atoms with E-state index in [9.17, 15) is 14.9 Å². The van der Waals surface area contributed by atoms with E-state index < -0.39 is 10.8 Å². The zero-order valence-corrected chi connectivity index (χ0v) is 17.7. The first-order valence-electron chi connectivity index (χ1n) is 9.71. The van der Waals surface area contributed by atoms with E-state index in [1.165, 1.54) is 34.0 Å². The molecule has 4 aromatic rings. The van der Waals surface area contributed by atoms with Crippen LogP contribution in [0.5, 0.6) is 0 Å². The van der Waals surface area contributed by atoms with E-state index >= 15 is 0 Å². The van der Waals surface area contributed by atoms with Crippen molar-refractivity contribution >= 4 is 29.0 Å². The minimum Gasteiger partial charge on any atom is -0.322 e. The highest BCUT2D eigenvalue weighted by molar-refractivity contribution is 7.99. The molecule has 10 heteroatoms. The van der Waals surface area contributed by atoms with Crippen molar-refractivity contribution in [3.63, 3.8) is 0 Å². The van der Waals surface area contributed by atoms with E-state index in [1.54, 1.807) is 7.05 Å². The van der Waals surface area contributed by atoms with Crippen molar-refractivity contribution in [1.82, 2.24) is 20.2 Å². The van der Waals surface area contributed by atoms with Gasteiger partial charge < -0.3 is 5.32 Å². The topological polar surface area (TPSA) is 116 Å². The predicted molar refractivity (Wildman–Crippen MR) is 119 cm³/mol. The molecule has 1 amide bonds. The highest BCUT2D eigenvalue weighted by atomic mass is 32.2. The van der Waals surface area contributed by atoms with Gasteiger partial charge in [-0.2, -0.15) is 0 Å². The summed E-state index contributed by atoms with van der Waals surface area (Å²) in [5, 5.41) is 25.9. The van der Waals surface area contributed by atoms with Crippen molar-refractivity contribution in [3.05, 3.63) is 87.5 Å². The van der Waals surface area contributed by atoms with Gasteiger partial charge in [0.1, 0.15) is 0 Å². The number of fused-ring (bicyclic) bond motifs is 3. The molecule has 0 radical (unpaired) electrons. The number of non-ortho nitro benzene ring substituents is 1. The van der Waals surface area contributed by atoms with Crippen molar-refractivity contribution in [3.8, 4) is 11.1 Å². The lowest BCUT2D eigenvalue weighted by atomic mass is 10.1. The Morgan fingerprint density at radius 2 is 1.91 bits per heavy atom. The molecule has 1 heterocycles. The van der Waals surface area contributed by atoms with Crippen molar-refractivity contribution < 1.29 is 9.72 Å². The van der Waals surface area contributed by atoms with E-state index in [0.29, 0.717) is 15.7 Å². The van der Waals surface area contributed by atoms with Gasteiger partial charge in [0, 0.05) is 29.8 Å². The van der Waals surface area contributed by atoms with E-state index in [-0.39, 0.29) is 11.3 Å². The molecular formula is C22H16N6O3S. The molecule has 9 nitrogen and oxygen atoms in total. The molecule has 1 aliphatic rings. The van der Waals surface area contributed by atoms with Crippen LogP contribution in [0.25, 0.3) is 11.1 Å². The molecule has 3 aromatic carbocycles. The minimum absolute atomic E-state index is 0.167. The number of benzene rings is 3. The first kappa shape index (κ1) is 19.9. The van der Waals surface area contributed by atoms with Gasteiger partial charge in [0.15, 0.2) is 0 Å². The number of amides is 1. The van der Waals surface area contributed by atoms with Crippen LogP contribution in [0.1, 0.15) is 21.5 Å². The summed E-state index contributed by atoms with van der Waals surface area (Å²) in [6.45, 7) is 0. The van der Waals surface area contributed by atoms with Crippen molar-refractivity contribution in [1.29, 1.82) is 0 Å².